The van der Waals surface area contributed by atoms with Gasteiger partial charge in [-0.25, -0.2) is 8.78 Å². The van der Waals surface area contributed by atoms with Crippen LogP contribution in [0, 0.1) is 25.5 Å². The van der Waals surface area contributed by atoms with Gasteiger partial charge in [0.1, 0.15) is 11.6 Å². The molecule has 2 rings (SSSR count). The molecule has 0 bridgehead atoms. The highest BCUT2D eigenvalue weighted by Crippen LogP contribution is 2.20. The highest BCUT2D eigenvalue weighted by atomic mass is 19.1. The van der Waals surface area contributed by atoms with Gasteiger partial charge in [0.25, 0.3) is 5.91 Å². The van der Waals surface area contributed by atoms with Crippen LogP contribution >= 0.6 is 0 Å². The van der Waals surface area contributed by atoms with E-state index in [9.17, 15) is 13.6 Å². The number of amides is 1. The Bertz CT molecular complexity index is 684. The molecular weight excluding hydrogens is 262 g/mol. The molecule has 0 aliphatic carbocycles. The van der Waals surface area contributed by atoms with Gasteiger partial charge in [-0.15, -0.1) is 0 Å². The van der Waals surface area contributed by atoms with Crippen molar-refractivity contribution in [3.63, 3.8) is 0 Å². The van der Waals surface area contributed by atoms with Gasteiger partial charge in [-0.05, 0) is 37.1 Å². The highest BCUT2D eigenvalue weighted by Gasteiger charge is 2.15. The molecule has 0 aromatic heterocycles. The Morgan fingerprint density at radius 3 is 2.50 bits per heavy atom. The zero-order valence-corrected chi connectivity index (χ0v) is 11.1. The zero-order chi connectivity index (χ0) is 14.9. The number of nitrogens with two attached hydrogens (primary N) is 1. The SMILES string of the molecule is Cc1ccc(C)c(NC(=O)c2cc(N)c(F)cc2F)c1. The number of nitrogen functional groups attached to an aromatic ring is 1. The first-order valence-electron chi connectivity index (χ1n) is 6.01. The van der Waals surface area contributed by atoms with E-state index in [1.54, 1.807) is 6.07 Å². The third-order valence-electron chi connectivity index (χ3n) is 2.97. The van der Waals surface area contributed by atoms with Crippen molar-refractivity contribution in [2.45, 2.75) is 13.8 Å². The first kappa shape index (κ1) is 14.0. The van der Waals surface area contributed by atoms with E-state index in [4.69, 9.17) is 5.73 Å². The fourth-order valence-corrected chi connectivity index (χ4v) is 1.80. The molecule has 0 spiro atoms. The van der Waals surface area contributed by atoms with Crippen molar-refractivity contribution in [1.29, 1.82) is 0 Å². The molecule has 0 unspecified atom stereocenters. The predicted octanol–water partition coefficient (Wildman–Crippen LogP) is 3.42. The Morgan fingerprint density at radius 1 is 1.10 bits per heavy atom. The summed E-state index contributed by atoms with van der Waals surface area (Å²) in [5, 5.41) is 2.60. The molecule has 0 atom stereocenters. The molecule has 0 aliphatic heterocycles. The van der Waals surface area contributed by atoms with Crippen LogP contribution in [0.25, 0.3) is 0 Å². The molecule has 3 nitrogen and oxygen atoms in total. The minimum absolute atomic E-state index is 0.266. The zero-order valence-electron chi connectivity index (χ0n) is 11.1. The summed E-state index contributed by atoms with van der Waals surface area (Å²) in [6.07, 6.45) is 0. The van der Waals surface area contributed by atoms with Crippen molar-refractivity contribution in [1.82, 2.24) is 0 Å². The van der Waals surface area contributed by atoms with Gasteiger partial charge in [0, 0.05) is 11.8 Å². The summed E-state index contributed by atoms with van der Waals surface area (Å²) < 4.78 is 26.7. The molecule has 3 N–H and O–H groups in total. The Kier molecular flexibility index (Phi) is 3.70. The van der Waals surface area contributed by atoms with Gasteiger partial charge in [-0.2, -0.15) is 0 Å². The van der Waals surface area contributed by atoms with Crippen LogP contribution in [0.15, 0.2) is 30.3 Å². The summed E-state index contributed by atoms with van der Waals surface area (Å²) in [7, 11) is 0. The molecule has 0 fully saturated rings. The number of anilines is 2. The van der Waals surface area contributed by atoms with Crippen LogP contribution < -0.4 is 11.1 Å². The van der Waals surface area contributed by atoms with Crippen LogP contribution in [0.1, 0.15) is 21.5 Å². The summed E-state index contributed by atoms with van der Waals surface area (Å²) in [4.78, 5) is 12.0. The van der Waals surface area contributed by atoms with Gasteiger partial charge in [0.15, 0.2) is 0 Å². The summed E-state index contributed by atoms with van der Waals surface area (Å²) in [6.45, 7) is 3.70. The van der Waals surface area contributed by atoms with Crippen LogP contribution in [-0.4, -0.2) is 5.91 Å². The number of aryl methyl sites for hydroxylation is 2. The Morgan fingerprint density at radius 2 is 1.80 bits per heavy atom. The quantitative estimate of drug-likeness (QED) is 0.826. The van der Waals surface area contributed by atoms with Crippen molar-refractivity contribution < 1.29 is 13.6 Å². The monoisotopic (exact) mass is 276 g/mol. The molecule has 2 aromatic carbocycles. The van der Waals surface area contributed by atoms with Crippen molar-refractivity contribution >= 4 is 17.3 Å². The first-order chi connectivity index (χ1) is 9.38. The maximum Gasteiger partial charge on any atom is 0.258 e. The van der Waals surface area contributed by atoms with E-state index in [-0.39, 0.29) is 11.3 Å². The molecule has 5 heteroatoms. The number of hydrogen-bond acceptors (Lipinski definition) is 2. The second-order valence-electron chi connectivity index (χ2n) is 4.63. The minimum Gasteiger partial charge on any atom is -0.396 e. The molecular formula is C15H14F2N2O. The lowest BCUT2D eigenvalue weighted by Gasteiger charge is -2.10. The molecule has 104 valence electrons. The number of halogens is 2. The van der Waals surface area contributed by atoms with Crippen LogP contribution in [0.5, 0.6) is 0 Å². The van der Waals surface area contributed by atoms with Gasteiger partial charge >= 0.3 is 0 Å². The van der Waals surface area contributed by atoms with Gasteiger partial charge in [0.2, 0.25) is 0 Å². The Hall–Kier alpha value is -2.43. The summed E-state index contributed by atoms with van der Waals surface area (Å²) in [5.74, 6) is -2.49. The van der Waals surface area contributed by atoms with Gasteiger partial charge < -0.3 is 11.1 Å². The lowest BCUT2D eigenvalue weighted by Crippen LogP contribution is -2.15. The van der Waals surface area contributed by atoms with Gasteiger partial charge in [-0.1, -0.05) is 12.1 Å². The molecule has 2 aromatic rings. The second kappa shape index (κ2) is 5.28. The van der Waals surface area contributed by atoms with Crippen LogP contribution in [0.3, 0.4) is 0 Å². The Labute approximate surface area is 115 Å². The predicted molar refractivity (Wildman–Crippen MR) is 74.6 cm³/mol. The Balaban J connectivity index is 2.33. The molecule has 0 saturated carbocycles. The topological polar surface area (TPSA) is 55.1 Å². The van der Waals surface area contributed by atoms with Gasteiger partial charge in [0.05, 0.1) is 11.3 Å². The highest BCUT2D eigenvalue weighted by molar-refractivity contribution is 6.05. The number of hydrogen-bond donors (Lipinski definition) is 2. The van der Waals surface area contributed by atoms with Crippen molar-refractivity contribution in [3.05, 3.63) is 58.7 Å². The third-order valence-corrected chi connectivity index (χ3v) is 2.97. The van der Waals surface area contributed by atoms with E-state index < -0.39 is 17.5 Å². The fraction of sp³-hybridized carbons (Fsp3) is 0.133. The van der Waals surface area contributed by atoms with E-state index in [2.05, 4.69) is 5.32 Å². The van der Waals surface area contributed by atoms with Crippen molar-refractivity contribution in [2.24, 2.45) is 0 Å². The maximum atomic E-state index is 13.6. The number of benzene rings is 2. The molecule has 0 aliphatic rings. The van der Waals surface area contributed by atoms with Crippen molar-refractivity contribution in [2.75, 3.05) is 11.1 Å². The van der Waals surface area contributed by atoms with E-state index >= 15 is 0 Å². The molecule has 1 amide bonds. The number of rotatable bonds is 2. The van der Waals surface area contributed by atoms with Gasteiger partial charge in [-0.3, -0.25) is 4.79 Å². The minimum atomic E-state index is -0.945. The molecule has 0 radical (unpaired) electrons. The smallest absolute Gasteiger partial charge is 0.258 e. The largest absolute Gasteiger partial charge is 0.396 e. The average molecular weight is 276 g/mol. The van der Waals surface area contributed by atoms with Crippen molar-refractivity contribution in [3.8, 4) is 0 Å². The van der Waals surface area contributed by atoms with E-state index in [0.717, 1.165) is 17.2 Å². The number of carbonyl (C=O) groups is 1. The van der Waals surface area contributed by atoms with E-state index in [1.165, 1.54) is 0 Å². The first-order valence-corrected chi connectivity index (χ1v) is 6.01. The molecule has 20 heavy (non-hydrogen) atoms. The summed E-state index contributed by atoms with van der Waals surface area (Å²) >= 11 is 0. The molecule has 0 heterocycles. The lowest BCUT2D eigenvalue weighted by atomic mass is 10.1. The molecule has 0 saturated heterocycles. The van der Waals surface area contributed by atoms with Crippen LogP contribution in [-0.2, 0) is 0 Å². The average Bonchev–Trinajstić information content (AvgIpc) is 2.38. The fourth-order valence-electron chi connectivity index (χ4n) is 1.80. The standard InChI is InChI=1S/C15H14F2N2O/c1-8-3-4-9(2)14(5-8)19-15(20)10-6-13(18)12(17)7-11(10)16/h3-7H,18H2,1-2H3,(H,19,20). The number of nitrogens with one attached hydrogen (secondary N) is 1. The second-order valence-corrected chi connectivity index (χ2v) is 4.63. The van der Waals surface area contributed by atoms with E-state index in [1.807, 2.05) is 26.0 Å². The number of carbonyl (C=O) groups excluding carboxylic acids is 1. The lowest BCUT2D eigenvalue weighted by molar-refractivity contribution is 0.102. The van der Waals surface area contributed by atoms with Crippen LogP contribution in [0.4, 0.5) is 20.2 Å². The maximum absolute atomic E-state index is 13.6. The van der Waals surface area contributed by atoms with Crippen LogP contribution in [0.2, 0.25) is 0 Å². The summed E-state index contributed by atoms with van der Waals surface area (Å²) in [6, 6.07) is 7.12. The summed E-state index contributed by atoms with van der Waals surface area (Å²) in [5.41, 5.74) is 7.19. The normalized spacial score (nSPS) is 10.4. The third kappa shape index (κ3) is 2.77. The van der Waals surface area contributed by atoms with E-state index in [0.29, 0.717) is 11.8 Å².